The fourth-order valence-electron chi connectivity index (χ4n) is 1.78. The van der Waals surface area contributed by atoms with Crippen LogP contribution in [-0.4, -0.2) is 43.0 Å². The summed E-state index contributed by atoms with van der Waals surface area (Å²) in [6, 6.07) is 3.25. The van der Waals surface area contributed by atoms with Crippen LogP contribution in [0.3, 0.4) is 0 Å². The second kappa shape index (κ2) is 8.94. The molecule has 0 aliphatic carbocycles. The molecular weight excluding hydrogens is 300 g/mol. The van der Waals surface area contributed by atoms with Gasteiger partial charge in [-0.05, 0) is 45.0 Å². The Morgan fingerprint density at radius 3 is 2.45 bits per heavy atom. The van der Waals surface area contributed by atoms with E-state index in [1.165, 1.54) is 24.2 Å². The van der Waals surface area contributed by atoms with Crippen LogP contribution in [-0.2, 0) is 9.53 Å². The van der Waals surface area contributed by atoms with Gasteiger partial charge in [0.15, 0.2) is 0 Å². The number of rotatable bonds is 4. The lowest BCUT2D eigenvalue weighted by molar-refractivity contribution is -0.144. The number of thiophene rings is 1. The number of esters is 1. The molecule has 20 heavy (non-hydrogen) atoms. The third-order valence-corrected chi connectivity index (χ3v) is 3.92. The second-order valence-corrected chi connectivity index (χ2v) is 5.97. The van der Waals surface area contributed by atoms with Crippen molar-refractivity contribution in [3.8, 4) is 0 Å². The Morgan fingerprint density at radius 2 is 2.05 bits per heavy atom. The fraction of sp³-hybridized carbons (Fsp3) is 0.538. The van der Waals surface area contributed by atoms with Gasteiger partial charge in [0, 0.05) is 0 Å². The third-order valence-electron chi connectivity index (χ3n) is 2.67. The van der Waals surface area contributed by atoms with E-state index in [4.69, 9.17) is 22.1 Å². The Morgan fingerprint density at radius 1 is 1.40 bits per heavy atom. The highest BCUT2D eigenvalue weighted by molar-refractivity contribution is 7.17. The molecule has 0 bridgehead atoms. The van der Waals surface area contributed by atoms with Gasteiger partial charge in [0.25, 0.3) is 5.91 Å². The number of nitrogens with two attached hydrogens (primary N) is 1. The van der Waals surface area contributed by atoms with E-state index in [0.717, 1.165) is 13.1 Å². The van der Waals surface area contributed by atoms with E-state index in [1.54, 1.807) is 12.1 Å². The van der Waals surface area contributed by atoms with Gasteiger partial charge in [-0.2, -0.15) is 0 Å². The Hall–Kier alpha value is -1.11. The summed E-state index contributed by atoms with van der Waals surface area (Å²) in [5.41, 5.74) is 4.94. The summed E-state index contributed by atoms with van der Waals surface area (Å²) >= 11 is 6.70. The van der Waals surface area contributed by atoms with E-state index >= 15 is 0 Å². The minimum absolute atomic E-state index is 0.0885. The molecule has 1 amide bonds. The van der Waals surface area contributed by atoms with E-state index in [0.29, 0.717) is 22.4 Å². The lowest BCUT2D eigenvalue weighted by atomic mass is 10.4. The summed E-state index contributed by atoms with van der Waals surface area (Å²) in [5.74, 6) is -0.513. The largest absolute Gasteiger partial charge is 0.465 e. The maximum Gasteiger partial charge on any atom is 0.320 e. The van der Waals surface area contributed by atoms with Gasteiger partial charge in [-0.25, -0.2) is 0 Å². The summed E-state index contributed by atoms with van der Waals surface area (Å²) in [4.78, 5) is 24.0. The molecule has 1 saturated heterocycles. The number of amides is 1. The summed E-state index contributed by atoms with van der Waals surface area (Å²) < 4.78 is 5.41. The molecule has 1 aliphatic heterocycles. The van der Waals surface area contributed by atoms with Crippen molar-refractivity contribution >= 4 is 34.8 Å². The quantitative estimate of drug-likeness (QED) is 0.863. The van der Waals surface area contributed by atoms with Crippen LogP contribution in [0.25, 0.3) is 0 Å². The monoisotopic (exact) mass is 318 g/mol. The van der Waals surface area contributed by atoms with Gasteiger partial charge < -0.3 is 10.5 Å². The van der Waals surface area contributed by atoms with E-state index in [9.17, 15) is 9.59 Å². The molecule has 1 aromatic heterocycles. The molecule has 5 nitrogen and oxygen atoms in total. The molecule has 0 saturated carbocycles. The molecule has 2 heterocycles. The molecule has 1 aromatic rings. The minimum Gasteiger partial charge on any atom is -0.465 e. The van der Waals surface area contributed by atoms with Crippen LogP contribution in [0.2, 0.25) is 4.34 Å². The molecule has 0 aromatic carbocycles. The molecule has 1 aliphatic rings. The van der Waals surface area contributed by atoms with Gasteiger partial charge in [0.1, 0.15) is 0 Å². The summed E-state index contributed by atoms with van der Waals surface area (Å²) in [7, 11) is 0. The number of hydrogen-bond donors (Lipinski definition) is 1. The zero-order valence-corrected chi connectivity index (χ0v) is 13.0. The zero-order valence-electron chi connectivity index (χ0n) is 11.4. The van der Waals surface area contributed by atoms with Gasteiger partial charge in [0.05, 0.1) is 22.4 Å². The molecule has 1 fully saturated rings. The Kier molecular flexibility index (Phi) is 7.58. The maximum atomic E-state index is 10.9. The molecule has 0 unspecified atom stereocenters. The standard InChI is InChI=1S/C8H15NO2.C5H4ClNOS/c1-2-11-8(10)7-9-5-3-4-6-9;6-4-2-1-3(9-4)5(7)8/h2-7H2,1H3;1-2H,(H2,7,8). The van der Waals surface area contributed by atoms with Gasteiger partial charge in [-0.1, -0.05) is 11.6 Å². The first-order valence-electron chi connectivity index (χ1n) is 6.46. The van der Waals surface area contributed by atoms with Crippen molar-refractivity contribution in [1.29, 1.82) is 0 Å². The number of primary amides is 1. The highest BCUT2D eigenvalue weighted by atomic mass is 35.5. The summed E-state index contributed by atoms with van der Waals surface area (Å²) in [6.07, 6.45) is 2.44. The molecule has 0 radical (unpaired) electrons. The number of likely N-dealkylation sites (tertiary alicyclic amines) is 1. The van der Waals surface area contributed by atoms with Crippen LogP contribution in [0.5, 0.6) is 0 Å². The van der Waals surface area contributed by atoms with Gasteiger partial charge in [0.2, 0.25) is 0 Å². The van der Waals surface area contributed by atoms with Crippen molar-refractivity contribution in [1.82, 2.24) is 4.90 Å². The average molecular weight is 319 g/mol. The zero-order chi connectivity index (χ0) is 15.0. The number of carbonyl (C=O) groups is 2. The molecule has 2 rings (SSSR count). The van der Waals surface area contributed by atoms with Gasteiger partial charge >= 0.3 is 5.97 Å². The minimum atomic E-state index is -0.424. The average Bonchev–Trinajstić information content (AvgIpc) is 3.01. The first-order valence-corrected chi connectivity index (χ1v) is 7.65. The molecule has 112 valence electrons. The SMILES string of the molecule is CCOC(=O)CN1CCCC1.NC(=O)c1ccc(Cl)s1. The van der Waals surface area contributed by atoms with Crippen LogP contribution < -0.4 is 5.73 Å². The van der Waals surface area contributed by atoms with Crippen molar-refractivity contribution in [3.05, 3.63) is 21.3 Å². The Labute approximate surface area is 127 Å². The second-order valence-electron chi connectivity index (χ2n) is 4.26. The molecule has 2 N–H and O–H groups in total. The van der Waals surface area contributed by atoms with E-state index in [1.807, 2.05) is 6.92 Å². The van der Waals surface area contributed by atoms with Crippen LogP contribution in [0.4, 0.5) is 0 Å². The topological polar surface area (TPSA) is 72.6 Å². The number of carbonyl (C=O) groups excluding carboxylic acids is 2. The van der Waals surface area contributed by atoms with Crippen molar-refractivity contribution in [2.45, 2.75) is 19.8 Å². The predicted octanol–water partition coefficient (Wildman–Crippen LogP) is 2.15. The fourth-order valence-corrected chi connectivity index (χ4v) is 2.67. The van der Waals surface area contributed by atoms with Crippen LogP contribution in [0.15, 0.2) is 12.1 Å². The van der Waals surface area contributed by atoms with E-state index < -0.39 is 5.91 Å². The van der Waals surface area contributed by atoms with Crippen molar-refractivity contribution in [3.63, 3.8) is 0 Å². The van der Waals surface area contributed by atoms with Crippen LogP contribution >= 0.6 is 22.9 Å². The summed E-state index contributed by atoms with van der Waals surface area (Å²) in [5, 5.41) is 0. The smallest absolute Gasteiger partial charge is 0.320 e. The number of ether oxygens (including phenoxy) is 1. The lowest BCUT2D eigenvalue weighted by Crippen LogP contribution is -2.28. The lowest BCUT2D eigenvalue weighted by Gasteiger charge is -2.12. The normalized spacial score (nSPS) is 14.5. The highest BCUT2D eigenvalue weighted by Crippen LogP contribution is 2.20. The Bertz CT molecular complexity index is 445. The van der Waals surface area contributed by atoms with Gasteiger partial charge in [-0.3, -0.25) is 14.5 Å². The summed E-state index contributed by atoms with van der Waals surface area (Å²) in [6.45, 7) is 4.92. The molecule has 0 atom stereocenters. The highest BCUT2D eigenvalue weighted by Gasteiger charge is 2.14. The third kappa shape index (κ3) is 6.36. The molecule has 7 heteroatoms. The number of nitrogens with zero attached hydrogens (tertiary/aromatic N) is 1. The number of halogens is 1. The van der Waals surface area contributed by atoms with Crippen molar-refractivity contribution in [2.75, 3.05) is 26.2 Å². The molecular formula is C13H19ClN2O3S. The first kappa shape index (κ1) is 16.9. The number of hydrogen-bond acceptors (Lipinski definition) is 5. The van der Waals surface area contributed by atoms with E-state index in [2.05, 4.69) is 4.90 Å². The van der Waals surface area contributed by atoms with Crippen molar-refractivity contribution in [2.24, 2.45) is 5.73 Å². The maximum absolute atomic E-state index is 10.9. The van der Waals surface area contributed by atoms with Crippen LogP contribution in [0, 0.1) is 0 Å². The van der Waals surface area contributed by atoms with Crippen molar-refractivity contribution < 1.29 is 14.3 Å². The van der Waals surface area contributed by atoms with Gasteiger partial charge in [-0.15, -0.1) is 11.3 Å². The van der Waals surface area contributed by atoms with E-state index in [-0.39, 0.29) is 5.97 Å². The first-order chi connectivity index (χ1) is 9.52. The van der Waals surface area contributed by atoms with Crippen LogP contribution in [0.1, 0.15) is 29.4 Å². The predicted molar refractivity (Wildman–Crippen MR) is 80.2 cm³/mol. The molecule has 0 spiro atoms. The Balaban J connectivity index is 0.000000204.